The molecule has 0 aliphatic rings. The van der Waals surface area contributed by atoms with E-state index in [1.165, 1.54) is 6.92 Å². The van der Waals surface area contributed by atoms with Crippen LogP contribution in [-0.2, 0) is 0 Å². The van der Waals surface area contributed by atoms with Crippen LogP contribution in [0.25, 0.3) is 0 Å². The van der Waals surface area contributed by atoms with Gasteiger partial charge in [-0.15, -0.1) is 0 Å². The van der Waals surface area contributed by atoms with Gasteiger partial charge in [0.2, 0.25) is 5.69 Å². The van der Waals surface area contributed by atoms with Crippen LogP contribution in [0.15, 0.2) is 24.3 Å². The van der Waals surface area contributed by atoms with E-state index in [0.29, 0.717) is 0 Å². The fraction of sp³-hybridized carbons (Fsp3) is 0.231. The van der Waals surface area contributed by atoms with Crippen molar-refractivity contribution in [2.75, 3.05) is 0 Å². The molecule has 2 rings (SSSR count). The second-order valence-electron chi connectivity index (χ2n) is 4.80. The summed E-state index contributed by atoms with van der Waals surface area (Å²) in [5.41, 5.74) is -1.98. The molecule has 2 aromatic rings. The minimum absolute atomic E-state index is 0.0736. The first-order valence-corrected chi connectivity index (χ1v) is 6.43. The molecule has 0 aliphatic heterocycles. The van der Waals surface area contributed by atoms with E-state index in [1.54, 1.807) is 5.32 Å². The Morgan fingerprint density at radius 2 is 1.92 bits per heavy atom. The lowest BCUT2D eigenvalue weighted by Crippen LogP contribution is -2.38. The molecule has 0 fully saturated rings. The van der Waals surface area contributed by atoms with Crippen molar-refractivity contribution in [3.63, 3.8) is 0 Å². The number of aryl methyl sites for hydroxylation is 1. The van der Waals surface area contributed by atoms with E-state index >= 15 is 0 Å². The number of hydrogen-bond acceptors (Lipinski definition) is 4. The number of nitrogens with one attached hydrogen (secondary N) is 2. The fourth-order valence-electron chi connectivity index (χ4n) is 2.01. The fourth-order valence-corrected chi connectivity index (χ4v) is 2.01. The average Bonchev–Trinajstić information content (AvgIpc) is 2.86. The Kier molecular flexibility index (Phi) is 4.53. The molecular weight excluding hydrogens is 336 g/mol. The highest BCUT2D eigenvalue weighted by Crippen LogP contribution is 2.33. The highest BCUT2D eigenvalue weighted by Gasteiger charge is 2.43. The Morgan fingerprint density at radius 3 is 2.42 bits per heavy atom. The summed E-state index contributed by atoms with van der Waals surface area (Å²) in [7, 11) is 0. The third-order valence-electron chi connectivity index (χ3n) is 3.12. The highest BCUT2D eigenvalue weighted by molar-refractivity contribution is 5.96. The molecule has 0 radical (unpaired) electrons. The molecule has 1 atom stereocenters. The molecule has 1 amide bonds. The average molecular weight is 346 g/mol. The number of H-pyrrole nitrogens is 1. The second-order valence-corrected chi connectivity index (χ2v) is 4.80. The number of carbonyl (C=O) groups excluding carboxylic acids is 1. The van der Waals surface area contributed by atoms with Gasteiger partial charge in [0.1, 0.15) is 11.5 Å². The Morgan fingerprint density at radius 1 is 1.33 bits per heavy atom. The van der Waals surface area contributed by atoms with E-state index < -0.39 is 45.8 Å². The van der Waals surface area contributed by atoms with Crippen molar-refractivity contribution in [3.8, 4) is 0 Å². The molecule has 7 nitrogen and oxygen atoms in total. The molecule has 0 aliphatic carbocycles. The normalized spacial score (nSPS) is 12.7. The van der Waals surface area contributed by atoms with Crippen LogP contribution in [0.4, 0.5) is 23.2 Å². The lowest BCUT2D eigenvalue weighted by atomic mass is 10.1. The molecule has 1 aromatic heterocycles. The molecule has 0 saturated carbocycles. The molecule has 11 heteroatoms. The molecule has 0 spiro atoms. The highest BCUT2D eigenvalue weighted by atomic mass is 19.4. The van der Waals surface area contributed by atoms with E-state index in [1.807, 2.05) is 0 Å². The first-order chi connectivity index (χ1) is 11.1. The minimum atomic E-state index is -4.90. The van der Waals surface area contributed by atoms with Crippen molar-refractivity contribution in [1.82, 2.24) is 15.5 Å². The number of nitro groups is 1. The predicted molar refractivity (Wildman–Crippen MR) is 72.6 cm³/mol. The Bertz CT molecular complexity index is 771. The molecule has 1 heterocycles. The van der Waals surface area contributed by atoms with Gasteiger partial charge in [-0.2, -0.15) is 18.3 Å². The van der Waals surface area contributed by atoms with Crippen molar-refractivity contribution in [2.45, 2.75) is 19.1 Å². The first kappa shape index (κ1) is 17.4. The summed E-state index contributed by atoms with van der Waals surface area (Å²) >= 11 is 0. The van der Waals surface area contributed by atoms with Crippen LogP contribution < -0.4 is 5.32 Å². The number of benzene rings is 1. The van der Waals surface area contributed by atoms with Gasteiger partial charge < -0.3 is 5.32 Å². The van der Waals surface area contributed by atoms with Gasteiger partial charge >= 0.3 is 11.9 Å². The lowest BCUT2D eigenvalue weighted by molar-refractivity contribution is -0.385. The Labute approximate surface area is 131 Å². The number of amides is 1. The van der Waals surface area contributed by atoms with Crippen LogP contribution in [0, 0.1) is 22.9 Å². The monoisotopic (exact) mass is 346 g/mol. The third-order valence-corrected chi connectivity index (χ3v) is 3.12. The van der Waals surface area contributed by atoms with E-state index in [9.17, 15) is 32.5 Å². The van der Waals surface area contributed by atoms with Crippen LogP contribution in [0.1, 0.15) is 27.8 Å². The molecule has 2 N–H and O–H groups in total. The van der Waals surface area contributed by atoms with Crippen LogP contribution in [-0.4, -0.2) is 27.2 Å². The summed E-state index contributed by atoms with van der Waals surface area (Å²) in [6, 6.07) is 0.862. The summed E-state index contributed by atoms with van der Waals surface area (Å²) in [5.74, 6) is -2.12. The van der Waals surface area contributed by atoms with Gasteiger partial charge in [0, 0.05) is 0 Å². The molecule has 0 bridgehead atoms. The predicted octanol–water partition coefficient (Wildman–Crippen LogP) is 2.80. The number of rotatable bonds is 4. The maximum absolute atomic E-state index is 13.2. The zero-order valence-electron chi connectivity index (χ0n) is 12.0. The molecular formula is C13H10F4N4O3. The zero-order chi connectivity index (χ0) is 18.1. The van der Waals surface area contributed by atoms with Crippen LogP contribution in [0.5, 0.6) is 0 Å². The second kappa shape index (κ2) is 6.26. The van der Waals surface area contributed by atoms with Gasteiger partial charge in [0.05, 0.1) is 4.92 Å². The topological polar surface area (TPSA) is 101 Å². The summed E-state index contributed by atoms with van der Waals surface area (Å²) < 4.78 is 52.4. The number of aromatic nitrogens is 2. The largest absolute Gasteiger partial charge is 0.412 e. The summed E-state index contributed by atoms with van der Waals surface area (Å²) in [5, 5.41) is 18.1. The van der Waals surface area contributed by atoms with Crippen molar-refractivity contribution in [3.05, 3.63) is 57.1 Å². The number of nitrogens with zero attached hydrogens (tertiary/aromatic N) is 2. The Balaban J connectivity index is 2.36. The van der Waals surface area contributed by atoms with E-state index in [-0.39, 0.29) is 5.69 Å². The van der Waals surface area contributed by atoms with E-state index in [0.717, 1.165) is 24.3 Å². The zero-order valence-corrected chi connectivity index (χ0v) is 12.0. The third kappa shape index (κ3) is 3.50. The summed E-state index contributed by atoms with van der Waals surface area (Å²) in [6.07, 6.45) is -4.90. The maximum Gasteiger partial charge on any atom is 0.412 e. The first-order valence-electron chi connectivity index (χ1n) is 6.43. The molecule has 0 saturated heterocycles. The Hall–Kier alpha value is -2.98. The van der Waals surface area contributed by atoms with Gasteiger partial charge in [-0.3, -0.25) is 20.0 Å². The lowest BCUT2D eigenvalue weighted by Gasteiger charge is -2.21. The van der Waals surface area contributed by atoms with E-state index in [4.69, 9.17) is 0 Å². The SMILES string of the molecule is Cc1[nH]nc(C(=O)N[C@@H](c2ccc(F)cc2)C(F)(F)F)c1[N+](=O)[O-]. The number of aromatic amines is 1. The van der Waals surface area contributed by atoms with Gasteiger partial charge in [0.25, 0.3) is 5.91 Å². The number of hydrogen-bond donors (Lipinski definition) is 2. The van der Waals surface area contributed by atoms with Crippen molar-refractivity contribution >= 4 is 11.6 Å². The quantitative estimate of drug-likeness (QED) is 0.505. The maximum atomic E-state index is 13.2. The van der Waals surface area contributed by atoms with Crippen molar-refractivity contribution in [1.29, 1.82) is 0 Å². The van der Waals surface area contributed by atoms with E-state index in [2.05, 4.69) is 10.2 Å². The standard InChI is InChI=1S/C13H10F4N4O3/c1-6-10(21(23)24)9(20-19-6)12(22)18-11(13(15,16)17)7-2-4-8(14)5-3-7/h2-5,11H,1H3,(H,18,22)(H,19,20)/t11-/m0/s1. The van der Waals surface area contributed by atoms with Gasteiger partial charge in [0.15, 0.2) is 6.04 Å². The number of halogens is 4. The van der Waals surface area contributed by atoms with Crippen molar-refractivity contribution < 1.29 is 27.3 Å². The molecule has 128 valence electrons. The molecule has 24 heavy (non-hydrogen) atoms. The number of carbonyl (C=O) groups is 1. The minimum Gasteiger partial charge on any atom is -0.335 e. The van der Waals surface area contributed by atoms with Crippen LogP contribution >= 0.6 is 0 Å². The van der Waals surface area contributed by atoms with Crippen LogP contribution in [0.3, 0.4) is 0 Å². The van der Waals surface area contributed by atoms with Gasteiger partial charge in [-0.05, 0) is 24.6 Å². The van der Waals surface area contributed by atoms with Crippen LogP contribution in [0.2, 0.25) is 0 Å². The smallest absolute Gasteiger partial charge is 0.335 e. The summed E-state index contributed by atoms with van der Waals surface area (Å²) in [6.45, 7) is 1.25. The molecule has 0 unspecified atom stereocenters. The summed E-state index contributed by atoms with van der Waals surface area (Å²) in [4.78, 5) is 22.0. The number of alkyl halides is 3. The molecule has 1 aromatic carbocycles. The van der Waals surface area contributed by atoms with Crippen molar-refractivity contribution in [2.24, 2.45) is 0 Å². The van der Waals surface area contributed by atoms with Gasteiger partial charge in [-0.25, -0.2) is 4.39 Å². The van der Waals surface area contributed by atoms with Gasteiger partial charge in [-0.1, -0.05) is 12.1 Å².